The minimum absolute atomic E-state index is 0.0439. The van der Waals surface area contributed by atoms with Gasteiger partial charge in [0.1, 0.15) is 11.5 Å². The maximum Gasteiger partial charge on any atom is 0.295 e. The SMILES string of the molecule is COc1cccc(C2/C(=C(\O)c3cc(C)ccc3C)C(=O)C(=O)N2Cc2ccc(OC)c(OC)c2)c1. The Morgan fingerprint density at radius 3 is 2.33 bits per heavy atom. The van der Waals surface area contributed by atoms with Crippen LogP contribution in [0.4, 0.5) is 0 Å². The van der Waals surface area contributed by atoms with Crippen LogP contribution in [0.15, 0.2) is 66.2 Å². The van der Waals surface area contributed by atoms with Crippen molar-refractivity contribution >= 4 is 17.4 Å². The molecule has 0 aliphatic carbocycles. The average molecular weight is 488 g/mol. The largest absolute Gasteiger partial charge is 0.507 e. The number of hydrogen-bond donors (Lipinski definition) is 1. The summed E-state index contributed by atoms with van der Waals surface area (Å²) in [7, 11) is 4.64. The summed E-state index contributed by atoms with van der Waals surface area (Å²) in [5.74, 6) is 0.0294. The molecule has 7 heteroatoms. The van der Waals surface area contributed by atoms with Crippen molar-refractivity contribution < 1.29 is 28.9 Å². The van der Waals surface area contributed by atoms with Crippen LogP contribution in [0.1, 0.15) is 33.9 Å². The predicted octanol–water partition coefficient (Wildman–Crippen LogP) is 4.95. The summed E-state index contributed by atoms with van der Waals surface area (Å²) in [5.41, 5.74) is 3.69. The van der Waals surface area contributed by atoms with E-state index in [0.29, 0.717) is 28.4 Å². The first-order valence-corrected chi connectivity index (χ1v) is 11.5. The molecule has 1 amide bonds. The quantitative estimate of drug-likeness (QED) is 0.288. The van der Waals surface area contributed by atoms with Gasteiger partial charge in [-0.1, -0.05) is 35.9 Å². The maximum absolute atomic E-state index is 13.4. The van der Waals surface area contributed by atoms with Crippen molar-refractivity contribution in [3.05, 3.63) is 94.1 Å². The highest BCUT2D eigenvalue weighted by Gasteiger charge is 2.46. The van der Waals surface area contributed by atoms with Gasteiger partial charge in [0.25, 0.3) is 11.7 Å². The standard InChI is InChI=1S/C29H29NO6/c1-17-9-10-18(2)22(13-17)27(31)25-26(20-7-6-8-21(15-20)34-3)30(29(33)28(25)32)16-19-11-12-23(35-4)24(14-19)36-5/h6-15,26,31H,16H2,1-5H3/b27-25+. The number of aryl methyl sites for hydroxylation is 2. The van der Waals surface area contributed by atoms with E-state index in [9.17, 15) is 14.7 Å². The molecular formula is C29H29NO6. The normalized spacial score (nSPS) is 16.8. The van der Waals surface area contributed by atoms with Crippen LogP contribution in [-0.4, -0.2) is 43.0 Å². The molecule has 1 unspecified atom stereocenters. The Balaban J connectivity index is 1.88. The van der Waals surface area contributed by atoms with E-state index >= 15 is 0 Å². The zero-order chi connectivity index (χ0) is 26.0. The lowest BCUT2D eigenvalue weighted by Gasteiger charge is -2.26. The fourth-order valence-electron chi connectivity index (χ4n) is 4.51. The zero-order valence-corrected chi connectivity index (χ0v) is 21.0. The highest BCUT2D eigenvalue weighted by Crippen LogP contribution is 2.42. The Morgan fingerprint density at radius 1 is 0.889 bits per heavy atom. The second-order valence-corrected chi connectivity index (χ2v) is 8.71. The molecular weight excluding hydrogens is 458 g/mol. The minimum atomic E-state index is -0.812. The van der Waals surface area contributed by atoms with E-state index in [1.165, 1.54) is 12.0 Å². The van der Waals surface area contributed by atoms with E-state index in [-0.39, 0.29) is 17.9 Å². The van der Waals surface area contributed by atoms with Crippen molar-refractivity contribution in [2.24, 2.45) is 0 Å². The van der Waals surface area contributed by atoms with Crippen LogP contribution in [0.3, 0.4) is 0 Å². The number of methoxy groups -OCH3 is 3. The number of carbonyl (C=O) groups excluding carboxylic acids is 2. The summed E-state index contributed by atoms with van der Waals surface area (Å²) in [6, 6.07) is 17.3. The molecule has 3 aromatic carbocycles. The van der Waals surface area contributed by atoms with Crippen LogP contribution in [-0.2, 0) is 16.1 Å². The zero-order valence-electron chi connectivity index (χ0n) is 21.0. The Morgan fingerprint density at radius 2 is 1.64 bits per heavy atom. The second kappa shape index (κ2) is 10.2. The van der Waals surface area contributed by atoms with Gasteiger partial charge in [0.15, 0.2) is 11.5 Å². The Hall–Kier alpha value is -4.26. The van der Waals surface area contributed by atoms with Crippen molar-refractivity contribution in [1.82, 2.24) is 4.90 Å². The van der Waals surface area contributed by atoms with E-state index < -0.39 is 17.7 Å². The van der Waals surface area contributed by atoms with Crippen molar-refractivity contribution in [2.75, 3.05) is 21.3 Å². The van der Waals surface area contributed by atoms with Crippen LogP contribution in [0.2, 0.25) is 0 Å². The molecule has 1 fully saturated rings. The summed E-state index contributed by atoms with van der Waals surface area (Å²) in [6.07, 6.45) is 0. The Labute approximate surface area is 210 Å². The first kappa shape index (κ1) is 24.9. The molecule has 0 spiro atoms. The Bertz CT molecular complexity index is 1360. The molecule has 0 aromatic heterocycles. The summed E-state index contributed by atoms with van der Waals surface area (Å²) in [4.78, 5) is 28.2. The third-order valence-corrected chi connectivity index (χ3v) is 6.40. The van der Waals surface area contributed by atoms with Gasteiger partial charge in [-0.05, 0) is 60.9 Å². The molecule has 1 saturated heterocycles. The molecule has 0 bridgehead atoms. The lowest BCUT2D eigenvalue weighted by atomic mass is 9.93. The van der Waals surface area contributed by atoms with E-state index in [0.717, 1.165) is 16.7 Å². The monoisotopic (exact) mass is 487 g/mol. The first-order chi connectivity index (χ1) is 17.3. The summed E-state index contributed by atoms with van der Waals surface area (Å²) >= 11 is 0. The van der Waals surface area contributed by atoms with Gasteiger partial charge >= 0.3 is 0 Å². The molecule has 0 radical (unpaired) electrons. The van der Waals surface area contributed by atoms with Crippen LogP contribution in [0.5, 0.6) is 17.2 Å². The number of amides is 1. The van der Waals surface area contributed by atoms with Crippen LogP contribution >= 0.6 is 0 Å². The minimum Gasteiger partial charge on any atom is -0.507 e. The van der Waals surface area contributed by atoms with E-state index in [1.54, 1.807) is 44.6 Å². The molecule has 36 heavy (non-hydrogen) atoms. The number of aliphatic hydroxyl groups excluding tert-OH is 1. The van der Waals surface area contributed by atoms with Gasteiger partial charge in [0.05, 0.1) is 32.9 Å². The molecule has 1 aliphatic heterocycles. The number of benzene rings is 3. The van der Waals surface area contributed by atoms with Crippen molar-refractivity contribution in [3.63, 3.8) is 0 Å². The molecule has 4 rings (SSSR count). The second-order valence-electron chi connectivity index (χ2n) is 8.71. The Kier molecular flexibility index (Phi) is 7.01. The fraction of sp³-hybridized carbons (Fsp3) is 0.241. The number of nitrogens with zero attached hydrogens (tertiary/aromatic N) is 1. The van der Waals surface area contributed by atoms with Gasteiger partial charge in [-0.15, -0.1) is 0 Å². The number of rotatable bonds is 7. The van der Waals surface area contributed by atoms with Gasteiger partial charge in [0, 0.05) is 12.1 Å². The molecule has 1 aliphatic rings. The number of ketones is 1. The lowest BCUT2D eigenvalue weighted by Crippen LogP contribution is -2.29. The fourth-order valence-corrected chi connectivity index (χ4v) is 4.51. The third-order valence-electron chi connectivity index (χ3n) is 6.40. The van der Waals surface area contributed by atoms with Crippen LogP contribution < -0.4 is 14.2 Å². The molecule has 3 aromatic rings. The van der Waals surface area contributed by atoms with E-state index in [1.807, 2.05) is 44.2 Å². The smallest absolute Gasteiger partial charge is 0.295 e. The maximum atomic E-state index is 13.4. The summed E-state index contributed by atoms with van der Waals surface area (Å²) in [5, 5.41) is 11.4. The predicted molar refractivity (Wildman–Crippen MR) is 136 cm³/mol. The molecule has 1 heterocycles. The summed E-state index contributed by atoms with van der Waals surface area (Å²) < 4.78 is 16.1. The number of likely N-dealkylation sites (tertiary alicyclic amines) is 1. The lowest BCUT2D eigenvalue weighted by molar-refractivity contribution is -0.140. The summed E-state index contributed by atoms with van der Waals surface area (Å²) in [6.45, 7) is 3.89. The first-order valence-electron chi connectivity index (χ1n) is 11.5. The molecule has 7 nitrogen and oxygen atoms in total. The third kappa shape index (κ3) is 4.52. The van der Waals surface area contributed by atoms with E-state index in [2.05, 4.69) is 0 Å². The van der Waals surface area contributed by atoms with E-state index in [4.69, 9.17) is 14.2 Å². The number of hydrogen-bond acceptors (Lipinski definition) is 6. The topological polar surface area (TPSA) is 85.3 Å². The van der Waals surface area contributed by atoms with Crippen molar-refractivity contribution in [1.29, 1.82) is 0 Å². The molecule has 1 N–H and O–H groups in total. The number of aliphatic hydroxyl groups is 1. The number of carbonyl (C=O) groups is 2. The number of ether oxygens (including phenoxy) is 3. The molecule has 0 saturated carbocycles. The molecule has 186 valence electrons. The van der Waals surface area contributed by atoms with Gasteiger partial charge in [-0.25, -0.2) is 0 Å². The van der Waals surface area contributed by atoms with Gasteiger partial charge in [-0.3, -0.25) is 9.59 Å². The molecule has 1 atom stereocenters. The highest BCUT2D eigenvalue weighted by atomic mass is 16.5. The van der Waals surface area contributed by atoms with Gasteiger partial charge < -0.3 is 24.2 Å². The number of Topliss-reactive ketones (excluding diaryl/α,β-unsaturated/α-hetero) is 1. The average Bonchev–Trinajstić information content (AvgIpc) is 3.14. The van der Waals surface area contributed by atoms with Crippen LogP contribution in [0, 0.1) is 13.8 Å². The van der Waals surface area contributed by atoms with Crippen molar-refractivity contribution in [2.45, 2.75) is 26.4 Å². The van der Waals surface area contributed by atoms with Crippen LogP contribution in [0.25, 0.3) is 5.76 Å². The highest BCUT2D eigenvalue weighted by molar-refractivity contribution is 6.46. The van der Waals surface area contributed by atoms with Gasteiger partial charge in [0.2, 0.25) is 0 Å². The van der Waals surface area contributed by atoms with Crippen molar-refractivity contribution in [3.8, 4) is 17.2 Å². The van der Waals surface area contributed by atoms with Gasteiger partial charge in [-0.2, -0.15) is 0 Å².